The van der Waals surface area contributed by atoms with Crippen molar-refractivity contribution in [3.63, 3.8) is 0 Å². The van der Waals surface area contributed by atoms with Crippen LogP contribution in [0, 0.1) is 11.6 Å². The Morgan fingerprint density at radius 3 is 2.43 bits per heavy atom. The molecular weight excluding hydrogens is 308 g/mol. The van der Waals surface area contributed by atoms with Crippen molar-refractivity contribution in [2.75, 3.05) is 6.54 Å². The van der Waals surface area contributed by atoms with Crippen LogP contribution < -0.4 is 10.1 Å². The number of hydrogen-bond donors (Lipinski definition) is 2. The van der Waals surface area contributed by atoms with E-state index in [1.54, 1.807) is 27.7 Å². The van der Waals surface area contributed by atoms with E-state index in [0.717, 1.165) is 6.07 Å². The molecule has 130 valence electrons. The summed E-state index contributed by atoms with van der Waals surface area (Å²) in [5.41, 5.74) is -0.622. The summed E-state index contributed by atoms with van der Waals surface area (Å²) < 4.78 is 37.6. The van der Waals surface area contributed by atoms with Gasteiger partial charge < -0.3 is 19.9 Å². The molecule has 0 spiro atoms. The molecule has 2 atom stereocenters. The number of amides is 1. The van der Waals surface area contributed by atoms with Gasteiger partial charge in [0.05, 0.1) is 12.6 Å². The number of benzene rings is 1. The SMILES string of the molecule is C[C@H](O)c1cc(F)cc(F)c1O[C@@H](C)CNC(=O)OC(C)(C)C. The van der Waals surface area contributed by atoms with Gasteiger partial charge in [0, 0.05) is 11.6 Å². The number of carbonyl (C=O) groups excluding carboxylic acids is 1. The van der Waals surface area contributed by atoms with E-state index in [1.807, 2.05) is 0 Å². The maximum absolute atomic E-state index is 13.9. The van der Waals surface area contributed by atoms with Gasteiger partial charge in [-0.1, -0.05) is 0 Å². The summed E-state index contributed by atoms with van der Waals surface area (Å²) in [4.78, 5) is 11.5. The zero-order valence-electron chi connectivity index (χ0n) is 13.9. The van der Waals surface area contributed by atoms with Crippen molar-refractivity contribution >= 4 is 6.09 Å². The number of hydrogen-bond acceptors (Lipinski definition) is 4. The third-order valence-electron chi connectivity index (χ3n) is 2.74. The van der Waals surface area contributed by atoms with Gasteiger partial charge in [-0.2, -0.15) is 0 Å². The summed E-state index contributed by atoms with van der Waals surface area (Å²) in [5.74, 6) is -1.95. The molecule has 7 heteroatoms. The number of aliphatic hydroxyl groups is 1. The predicted octanol–water partition coefficient (Wildman–Crippen LogP) is 3.31. The van der Waals surface area contributed by atoms with Crippen molar-refractivity contribution < 1.29 is 28.2 Å². The van der Waals surface area contributed by atoms with Gasteiger partial charge in [-0.15, -0.1) is 0 Å². The summed E-state index contributed by atoms with van der Waals surface area (Å²) in [6.07, 6.45) is -2.33. The van der Waals surface area contributed by atoms with Crippen LogP contribution in [-0.4, -0.2) is 29.4 Å². The second-order valence-corrected chi connectivity index (χ2v) is 6.29. The average Bonchev–Trinajstić information content (AvgIpc) is 2.37. The molecule has 0 aromatic heterocycles. The largest absolute Gasteiger partial charge is 0.485 e. The lowest BCUT2D eigenvalue weighted by atomic mass is 10.1. The molecule has 1 amide bonds. The first-order valence-electron chi connectivity index (χ1n) is 7.30. The number of halogens is 2. The number of aliphatic hydroxyl groups excluding tert-OH is 1. The lowest BCUT2D eigenvalue weighted by Gasteiger charge is -2.22. The maximum atomic E-state index is 13.9. The zero-order valence-corrected chi connectivity index (χ0v) is 13.9. The monoisotopic (exact) mass is 331 g/mol. The van der Waals surface area contributed by atoms with Crippen molar-refractivity contribution in [1.29, 1.82) is 0 Å². The second kappa shape index (κ2) is 7.59. The molecule has 0 aliphatic heterocycles. The highest BCUT2D eigenvalue weighted by atomic mass is 19.1. The van der Waals surface area contributed by atoms with Gasteiger partial charge >= 0.3 is 6.09 Å². The van der Waals surface area contributed by atoms with Crippen LogP contribution in [0.2, 0.25) is 0 Å². The molecule has 0 fully saturated rings. The third-order valence-corrected chi connectivity index (χ3v) is 2.74. The maximum Gasteiger partial charge on any atom is 0.407 e. The van der Waals surface area contributed by atoms with Crippen molar-refractivity contribution in [3.8, 4) is 5.75 Å². The van der Waals surface area contributed by atoms with Crippen LogP contribution in [0.4, 0.5) is 13.6 Å². The molecule has 1 aromatic carbocycles. The van der Waals surface area contributed by atoms with Gasteiger partial charge in [-0.25, -0.2) is 13.6 Å². The number of alkyl carbamates (subject to hydrolysis) is 1. The molecule has 0 radical (unpaired) electrons. The molecule has 0 aliphatic rings. The van der Waals surface area contributed by atoms with Gasteiger partial charge in [-0.05, 0) is 40.7 Å². The molecular formula is C16H23F2NO4. The minimum Gasteiger partial charge on any atom is -0.485 e. The summed E-state index contributed by atoms with van der Waals surface area (Å²) in [6.45, 7) is 8.24. The van der Waals surface area contributed by atoms with E-state index in [9.17, 15) is 18.7 Å². The quantitative estimate of drug-likeness (QED) is 0.868. The first kappa shape index (κ1) is 19.2. The Bertz CT molecular complexity index is 556. The highest BCUT2D eigenvalue weighted by Gasteiger charge is 2.20. The molecule has 0 saturated heterocycles. The van der Waals surface area contributed by atoms with Gasteiger partial charge in [0.15, 0.2) is 11.6 Å². The van der Waals surface area contributed by atoms with Gasteiger partial charge in [-0.3, -0.25) is 0 Å². The van der Waals surface area contributed by atoms with Crippen LogP contribution in [0.25, 0.3) is 0 Å². The van der Waals surface area contributed by atoms with Crippen LogP contribution in [0.15, 0.2) is 12.1 Å². The molecule has 5 nitrogen and oxygen atoms in total. The Morgan fingerprint density at radius 1 is 1.30 bits per heavy atom. The molecule has 1 aromatic rings. The van der Waals surface area contributed by atoms with E-state index < -0.39 is 35.5 Å². The van der Waals surface area contributed by atoms with E-state index in [2.05, 4.69) is 5.32 Å². The van der Waals surface area contributed by atoms with Crippen LogP contribution in [-0.2, 0) is 4.74 Å². The lowest BCUT2D eigenvalue weighted by molar-refractivity contribution is 0.0503. The lowest BCUT2D eigenvalue weighted by Crippen LogP contribution is -2.37. The Hall–Kier alpha value is -1.89. The van der Waals surface area contributed by atoms with Crippen molar-refractivity contribution in [1.82, 2.24) is 5.32 Å². The van der Waals surface area contributed by atoms with E-state index in [1.165, 1.54) is 6.92 Å². The standard InChI is InChI=1S/C16H23F2NO4/c1-9(8-19-15(21)23-16(3,4)5)22-14-12(10(2)20)6-11(17)7-13(14)18/h6-7,9-10,20H,8H2,1-5H3,(H,19,21)/t9-,10-/m0/s1. The molecule has 0 heterocycles. The topological polar surface area (TPSA) is 67.8 Å². The average molecular weight is 331 g/mol. The van der Waals surface area contributed by atoms with Gasteiger partial charge in [0.1, 0.15) is 17.5 Å². The third kappa shape index (κ3) is 6.40. The summed E-state index contributed by atoms with van der Waals surface area (Å²) in [5, 5.41) is 12.1. The normalized spacial score (nSPS) is 14.1. The Kier molecular flexibility index (Phi) is 6.32. The minimum atomic E-state index is -1.10. The fourth-order valence-corrected chi connectivity index (χ4v) is 1.80. The van der Waals surface area contributed by atoms with Crippen molar-refractivity contribution in [3.05, 3.63) is 29.3 Å². The van der Waals surface area contributed by atoms with Crippen molar-refractivity contribution in [2.24, 2.45) is 0 Å². The molecule has 1 rings (SSSR count). The number of rotatable bonds is 5. The fourth-order valence-electron chi connectivity index (χ4n) is 1.80. The summed E-state index contributed by atoms with van der Waals surface area (Å²) in [7, 11) is 0. The molecule has 23 heavy (non-hydrogen) atoms. The molecule has 0 bridgehead atoms. The number of nitrogens with one attached hydrogen (secondary N) is 1. The van der Waals surface area contributed by atoms with E-state index in [-0.39, 0.29) is 17.9 Å². The highest BCUT2D eigenvalue weighted by Crippen LogP contribution is 2.30. The van der Waals surface area contributed by atoms with E-state index in [0.29, 0.717) is 6.07 Å². The molecule has 0 aliphatic carbocycles. The van der Waals surface area contributed by atoms with Crippen LogP contribution in [0.5, 0.6) is 5.75 Å². The highest BCUT2D eigenvalue weighted by molar-refractivity contribution is 5.67. The Labute approximate surface area is 134 Å². The summed E-state index contributed by atoms with van der Waals surface area (Å²) in [6, 6.07) is 1.69. The number of ether oxygens (including phenoxy) is 2. The minimum absolute atomic E-state index is 0.00613. The molecule has 2 N–H and O–H groups in total. The van der Waals surface area contributed by atoms with Crippen LogP contribution >= 0.6 is 0 Å². The summed E-state index contributed by atoms with van der Waals surface area (Å²) >= 11 is 0. The van der Waals surface area contributed by atoms with Gasteiger partial charge in [0.2, 0.25) is 0 Å². The predicted molar refractivity (Wildman–Crippen MR) is 81.3 cm³/mol. The zero-order chi connectivity index (χ0) is 17.8. The number of carbonyl (C=O) groups is 1. The molecule has 0 saturated carbocycles. The Morgan fingerprint density at radius 2 is 1.91 bits per heavy atom. The fraction of sp³-hybridized carbons (Fsp3) is 0.562. The first-order valence-corrected chi connectivity index (χ1v) is 7.30. The smallest absolute Gasteiger partial charge is 0.407 e. The first-order chi connectivity index (χ1) is 10.5. The van der Waals surface area contributed by atoms with Crippen LogP contribution in [0.1, 0.15) is 46.3 Å². The second-order valence-electron chi connectivity index (χ2n) is 6.29. The van der Waals surface area contributed by atoms with Crippen molar-refractivity contribution in [2.45, 2.75) is 52.4 Å². The van der Waals surface area contributed by atoms with Crippen LogP contribution in [0.3, 0.4) is 0 Å². The Balaban J connectivity index is 2.71. The van der Waals surface area contributed by atoms with E-state index in [4.69, 9.17) is 9.47 Å². The molecule has 0 unspecified atom stereocenters. The van der Waals surface area contributed by atoms with Gasteiger partial charge in [0.25, 0.3) is 0 Å². The van der Waals surface area contributed by atoms with E-state index >= 15 is 0 Å².